The second kappa shape index (κ2) is 6.91. The fraction of sp³-hybridized carbons (Fsp3) is 0.571. The SMILES string of the molecule is COC1CC(NC(=O)C23CC(c4ccc(OC/C(=C/F)CN)cc4)(C2)C3)C1. The summed E-state index contributed by atoms with van der Waals surface area (Å²) < 4.78 is 23.4. The molecule has 0 spiro atoms. The zero-order valence-corrected chi connectivity index (χ0v) is 15.7. The molecule has 1 aromatic carbocycles. The summed E-state index contributed by atoms with van der Waals surface area (Å²) in [5.74, 6) is 0.916. The van der Waals surface area contributed by atoms with E-state index >= 15 is 0 Å². The second-order valence-corrected chi connectivity index (χ2v) is 8.38. The number of carbonyl (C=O) groups excluding carboxylic acids is 1. The number of benzene rings is 1. The van der Waals surface area contributed by atoms with Gasteiger partial charge in [-0.2, -0.15) is 0 Å². The molecule has 6 heteroatoms. The Bertz CT molecular complexity index is 721. The van der Waals surface area contributed by atoms with E-state index < -0.39 is 0 Å². The predicted molar refractivity (Wildman–Crippen MR) is 100 cm³/mol. The quantitative estimate of drug-likeness (QED) is 0.734. The van der Waals surface area contributed by atoms with Crippen molar-refractivity contribution in [1.82, 2.24) is 5.32 Å². The number of methoxy groups -OCH3 is 1. The molecule has 0 saturated heterocycles. The first-order valence-corrected chi connectivity index (χ1v) is 9.58. The molecule has 3 N–H and O–H groups in total. The normalized spacial score (nSPS) is 34.1. The summed E-state index contributed by atoms with van der Waals surface area (Å²) in [4.78, 5) is 12.6. The molecule has 2 bridgehead atoms. The molecular formula is C21H27FN2O3. The van der Waals surface area contributed by atoms with E-state index in [1.54, 1.807) is 7.11 Å². The Morgan fingerprint density at radius 2 is 1.96 bits per heavy atom. The van der Waals surface area contributed by atoms with Gasteiger partial charge in [0.2, 0.25) is 5.91 Å². The molecule has 4 fully saturated rings. The summed E-state index contributed by atoms with van der Waals surface area (Å²) >= 11 is 0. The Balaban J connectivity index is 1.28. The van der Waals surface area contributed by atoms with E-state index in [0.717, 1.165) is 32.1 Å². The van der Waals surface area contributed by atoms with Crippen LogP contribution in [-0.2, 0) is 14.9 Å². The molecule has 0 heterocycles. The zero-order valence-electron chi connectivity index (χ0n) is 15.7. The third-order valence-corrected chi connectivity index (χ3v) is 6.58. The second-order valence-electron chi connectivity index (χ2n) is 8.38. The van der Waals surface area contributed by atoms with Crippen LogP contribution in [0.5, 0.6) is 5.75 Å². The van der Waals surface area contributed by atoms with E-state index in [2.05, 4.69) is 17.4 Å². The Morgan fingerprint density at radius 1 is 1.30 bits per heavy atom. The molecule has 146 valence electrons. The van der Waals surface area contributed by atoms with Crippen LogP contribution in [0.4, 0.5) is 4.39 Å². The zero-order chi connectivity index (χ0) is 19.1. The highest BCUT2D eigenvalue weighted by atomic mass is 19.1. The van der Waals surface area contributed by atoms with Crippen molar-refractivity contribution < 1.29 is 18.7 Å². The Labute approximate surface area is 159 Å². The molecule has 4 aliphatic rings. The molecule has 5 rings (SSSR count). The molecule has 0 atom stereocenters. The van der Waals surface area contributed by atoms with E-state index in [-0.39, 0.29) is 35.9 Å². The summed E-state index contributed by atoms with van der Waals surface area (Å²) in [6, 6.07) is 8.22. The number of amides is 1. The lowest BCUT2D eigenvalue weighted by Crippen LogP contribution is -2.71. The van der Waals surface area contributed by atoms with Crippen LogP contribution in [0, 0.1) is 5.41 Å². The van der Waals surface area contributed by atoms with Gasteiger partial charge in [-0.25, -0.2) is 4.39 Å². The van der Waals surface area contributed by atoms with Gasteiger partial charge in [-0.3, -0.25) is 4.79 Å². The number of halogens is 1. The molecular weight excluding hydrogens is 347 g/mol. The topological polar surface area (TPSA) is 73.6 Å². The standard InChI is InChI=1S/C21H27FN2O3/c1-26-18-6-16(7-18)24-19(25)21-11-20(12-21,13-21)15-2-4-17(5-3-15)27-10-14(8-22)9-23/h2-5,8,16,18H,6-7,9-13,23H2,1H3,(H,24,25)/b14-8+. The lowest BCUT2D eigenvalue weighted by atomic mass is 9.33. The largest absolute Gasteiger partial charge is 0.489 e. The summed E-state index contributed by atoms with van der Waals surface area (Å²) in [6.07, 6.45) is 5.43. The number of hydrogen-bond donors (Lipinski definition) is 2. The highest BCUT2D eigenvalue weighted by molar-refractivity contribution is 5.87. The fourth-order valence-electron chi connectivity index (χ4n) is 4.77. The van der Waals surface area contributed by atoms with Gasteiger partial charge in [0.15, 0.2) is 0 Å². The minimum Gasteiger partial charge on any atom is -0.489 e. The van der Waals surface area contributed by atoms with Gasteiger partial charge in [-0.15, -0.1) is 0 Å². The number of hydrogen-bond acceptors (Lipinski definition) is 4. The van der Waals surface area contributed by atoms with Crippen molar-refractivity contribution in [1.29, 1.82) is 0 Å². The highest BCUT2D eigenvalue weighted by Gasteiger charge is 2.71. The molecule has 0 radical (unpaired) electrons. The van der Waals surface area contributed by atoms with Crippen LogP contribution in [0.3, 0.4) is 0 Å². The van der Waals surface area contributed by atoms with Crippen LogP contribution in [-0.4, -0.2) is 38.3 Å². The first-order chi connectivity index (χ1) is 13.0. The van der Waals surface area contributed by atoms with E-state index in [1.807, 2.05) is 12.1 Å². The molecule has 4 aliphatic carbocycles. The Morgan fingerprint density at radius 3 is 2.52 bits per heavy atom. The lowest BCUT2D eigenvalue weighted by Gasteiger charge is -2.70. The van der Waals surface area contributed by atoms with Crippen molar-refractivity contribution in [2.24, 2.45) is 11.1 Å². The van der Waals surface area contributed by atoms with E-state index in [9.17, 15) is 9.18 Å². The molecule has 0 unspecified atom stereocenters. The van der Waals surface area contributed by atoms with Crippen molar-refractivity contribution in [3.05, 3.63) is 41.7 Å². The maximum absolute atomic E-state index is 12.6. The number of carbonyl (C=O) groups is 1. The molecule has 0 aromatic heterocycles. The van der Waals surface area contributed by atoms with Crippen molar-refractivity contribution in [2.45, 2.75) is 49.7 Å². The molecule has 27 heavy (non-hydrogen) atoms. The molecule has 1 aromatic rings. The first kappa shape index (κ1) is 18.4. The lowest BCUT2D eigenvalue weighted by molar-refractivity contribution is -0.178. The van der Waals surface area contributed by atoms with Crippen LogP contribution in [0.1, 0.15) is 37.7 Å². The van der Waals surface area contributed by atoms with Crippen LogP contribution >= 0.6 is 0 Å². The first-order valence-electron chi connectivity index (χ1n) is 9.58. The summed E-state index contributed by atoms with van der Waals surface area (Å²) in [5.41, 5.74) is 7.10. The van der Waals surface area contributed by atoms with Gasteiger partial charge < -0.3 is 20.5 Å². The van der Waals surface area contributed by atoms with Crippen LogP contribution in [0.2, 0.25) is 0 Å². The average Bonchev–Trinajstić information content (AvgIpc) is 2.57. The molecule has 0 aliphatic heterocycles. The van der Waals surface area contributed by atoms with E-state index in [1.165, 1.54) is 5.56 Å². The smallest absolute Gasteiger partial charge is 0.226 e. The van der Waals surface area contributed by atoms with Crippen molar-refractivity contribution in [2.75, 3.05) is 20.3 Å². The third kappa shape index (κ3) is 3.15. The summed E-state index contributed by atoms with van der Waals surface area (Å²) in [5, 5.41) is 3.19. The van der Waals surface area contributed by atoms with E-state index in [4.69, 9.17) is 15.2 Å². The Hall–Kier alpha value is -1.92. The van der Waals surface area contributed by atoms with Gasteiger partial charge in [0.05, 0.1) is 17.8 Å². The van der Waals surface area contributed by atoms with Crippen molar-refractivity contribution in [3.8, 4) is 5.75 Å². The van der Waals surface area contributed by atoms with Crippen LogP contribution in [0.15, 0.2) is 36.2 Å². The van der Waals surface area contributed by atoms with Gasteiger partial charge in [0, 0.05) is 25.3 Å². The van der Waals surface area contributed by atoms with E-state index in [0.29, 0.717) is 23.8 Å². The van der Waals surface area contributed by atoms with Gasteiger partial charge in [-0.1, -0.05) is 12.1 Å². The van der Waals surface area contributed by atoms with Gasteiger partial charge in [-0.05, 0) is 55.2 Å². The summed E-state index contributed by atoms with van der Waals surface area (Å²) in [6.45, 7) is 0.306. The maximum Gasteiger partial charge on any atom is 0.226 e. The fourth-order valence-corrected chi connectivity index (χ4v) is 4.77. The highest BCUT2D eigenvalue weighted by Crippen LogP contribution is 2.73. The van der Waals surface area contributed by atoms with Crippen molar-refractivity contribution >= 4 is 5.91 Å². The molecule has 1 amide bonds. The monoisotopic (exact) mass is 374 g/mol. The predicted octanol–water partition coefficient (Wildman–Crippen LogP) is 2.59. The minimum absolute atomic E-state index is 0.145. The van der Waals surface area contributed by atoms with Crippen LogP contribution < -0.4 is 15.8 Å². The number of rotatable bonds is 8. The van der Waals surface area contributed by atoms with Gasteiger partial charge in [0.1, 0.15) is 12.4 Å². The minimum atomic E-state index is -0.157. The summed E-state index contributed by atoms with van der Waals surface area (Å²) in [7, 11) is 1.72. The van der Waals surface area contributed by atoms with Gasteiger partial charge >= 0.3 is 0 Å². The third-order valence-electron chi connectivity index (χ3n) is 6.58. The maximum atomic E-state index is 12.6. The average molecular weight is 374 g/mol. The Kier molecular flexibility index (Phi) is 4.72. The number of nitrogens with one attached hydrogen (secondary N) is 1. The van der Waals surface area contributed by atoms with Crippen LogP contribution in [0.25, 0.3) is 0 Å². The number of nitrogens with two attached hydrogens (primary N) is 1. The van der Waals surface area contributed by atoms with Crippen molar-refractivity contribution in [3.63, 3.8) is 0 Å². The molecule has 5 nitrogen and oxygen atoms in total. The van der Waals surface area contributed by atoms with Gasteiger partial charge in [0.25, 0.3) is 0 Å². The molecule has 4 saturated carbocycles. The number of ether oxygens (including phenoxy) is 2.